The molecule has 0 N–H and O–H groups in total. The van der Waals surface area contributed by atoms with Crippen LogP contribution < -0.4 is 14.4 Å². The molecule has 3 aliphatic rings. The maximum atomic E-state index is 13.7. The lowest BCUT2D eigenvalue weighted by molar-refractivity contribution is 0.100. The summed E-state index contributed by atoms with van der Waals surface area (Å²) in [5.41, 5.74) is 0.796. The summed E-state index contributed by atoms with van der Waals surface area (Å²) in [5, 5.41) is -0.0179. The van der Waals surface area contributed by atoms with Crippen LogP contribution in [-0.2, 0) is 9.84 Å². The van der Waals surface area contributed by atoms with Gasteiger partial charge in [0.25, 0.3) is 5.91 Å². The zero-order valence-corrected chi connectivity index (χ0v) is 17.6. The predicted molar refractivity (Wildman–Crippen MR) is 112 cm³/mol. The van der Waals surface area contributed by atoms with Crippen LogP contribution in [-0.4, -0.2) is 49.1 Å². The number of hydrogen-bond acceptors (Lipinski definition) is 6. The van der Waals surface area contributed by atoms with Gasteiger partial charge in [-0.3, -0.25) is 4.79 Å². The number of amidine groups is 1. The zero-order valence-electron chi connectivity index (χ0n) is 15.2. The van der Waals surface area contributed by atoms with Gasteiger partial charge in [-0.05, 0) is 36.4 Å². The van der Waals surface area contributed by atoms with Gasteiger partial charge in [-0.25, -0.2) is 12.8 Å². The molecule has 2 atom stereocenters. The number of aliphatic imine (C=N–C) groups is 1. The normalized spacial score (nSPS) is 25.0. The van der Waals surface area contributed by atoms with Crippen LogP contribution >= 0.6 is 23.4 Å². The molecule has 2 aromatic rings. The van der Waals surface area contributed by atoms with E-state index in [0.717, 1.165) is 0 Å². The van der Waals surface area contributed by atoms with Crippen LogP contribution in [0, 0.1) is 5.82 Å². The number of anilines is 1. The van der Waals surface area contributed by atoms with Crippen molar-refractivity contribution in [1.29, 1.82) is 0 Å². The lowest BCUT2D eigenvalue weighted by atomic mass is 10.2. The zero-order chi connectivity index (χ0) is 21.0. The van der Waals surface area contributed by atoms with E-state index in [0.29, 0.717) is 27.9 Å². The molecule has 0 aromatic heterocycles. The van der Waals surface area contributed by atoms with Gasteiger partial charge >= 0.3 is 0 Å². The number of carbonyl (C=O) groups is 1. The minimum Gasteiger partial charge on any atom is -0.454 e. The molecule has 30 heavy (non-hydrogen) atoms. The number of sulfone groups is 1. The van der Waals surface area contributed by atoms with Crippen LogP contribution in [0.25, 0.3) is 0 Å². The Morgan fingerprint density at radius 3 is 2.77 bits per heavy atom. The number of fused-ring (bicyclic) bond motifs is 2. The number of benzene rings is 2. The number of halogens is 2. The Bertz CT molecular complexity index is 1200. The van der Waals surface area contributed by atoms with Crippen molar-refractivity contribution < 1.29 is 27.1 Å². The molecule has 3 heterocycles. The highest BCUT2D eigenvalue weighted by molar-refractivity contribution is 8.16. The number of rotatable bonds is 2. The molecule has 0 unspecified atom stereocenters. The Morgan fingerprint density at radius 1 is 1.17 bits per heavy atom. The first-order chi connectivity index (χ1) is 14.3. The van der Waals surface area contributed by atoms with Crippen LogP contribution in [0.15, 0.2) is 41.4 Å². The fraction of sp³-hybridized carbons (Fsp3) is 0.263. The summed E-state index contributed by atoms with van der Waals surface area (Å²) in [5.74, 6) is -0.154. The molecule has 7 nitrogen and oxygen atoms in total. The van der Waals surface area contributed by atoms with E-state index in [1.54, 1.807) is 23.1 Å². The van der Waals surface area contributed by atoms with Crippen LogP contribution in [0.1, 0.15) is 10.4 Å². The van der Waals surface area contributed by atoms with Crippen molar-refractivity contribution in [1.82, 2.24) is 0 Å². The predicted octanol–water partition coefficient (Wildman–Crippen LogP) is 3.12. The Hall–Kier alpha value is -2.30. The van der Waals surface area contributed by atoms with Crippen molar-refractivity contribution in [2.24, 2.45) is 4.99 Å². The third-order valence-corrected chi connectivity index (χ3v) is 8.56. The maximum Gasteiger partial charge on any atom is 0.279 e. The highest BCUT2D eigenvalue weighted by Gasteiger charge is 2.49. The number of nitrogens with zero attached hydrogens (tertiary/aromatic N) is 2. The minimum absolute atomic E-state index is 0.00893. The molecule has 0 saturated carbocycles. The first kappa shape index (κ1) is 19.7. The first-order valence-corrected chi connectivity index (χ1v) is 12.0. The minimum atomic E-state index is -3.22. The molecule has 156 valence electrons. The van der Waals surface area contributed by atoms with E-state index in [1.807, 2.05) is 0 Å². The molecule has 2 saturated heterocycles. The standard InChI is InChI=1S/C19H14ClFN2O5S2/c20-12-6-11(2-3-13(12)21)23-14-7-30(25,26)8-17(14)29-19(23)22-18(24)10-1-4-15-16(5-10)28-9-27-15/h1-6,14,17H,7-9H2/t14-,17-/m1/s1. The summed E-state index contributed by atoms with van der Waals surface area (Å²) in [6.45, 7) is 0.0916. The second kappa shape index (κ2) is 7.14. The second-order valence-corrected chi connectivity index (χ2v) is 10.8. The lowest BCUT2D eigenvalue weighted by Crippen LogP contribution is -2.37. The molecule has 11 heteroatoms. The van der Waals surface area contributed by atoms with E-state index in [4.69, 9.17) is 21.1 Å². The third kappa shape index (κ3) is 3.42. The summed E-state index contributed by atoms with van der Waals surface area (Å²) in [6.07, 6.45) is 0. The number of amides is 1. The molecule has 2 aromatic carbocycles. The van der Waals surface area contributed by atoms with E-state index in [1.165, 1.54) is 30.0 Å². The van der Waals surface area contributed by atoms with Crippen molar-refractivity contribution >= 4 is 50.0 Å². The van der Waals surface area contributed by atoms with Gasteiger partial charge in [-0.2, -0.15) is 4.99 Å². The fourth-order valence-corrected chi connectivity index (χ4v) is 7.77. The van der Waals surface area contributed by atoms with Gasteiger partial charge < -0.3 is 14.4 Å². The van der Waals surface area contributed by atoms with Gasteiger partial charge in [-0.15, -0.1) is 0 Å². The molecule has 2 fully saturated rings. The van der Waals surface area contributed by atoms with Gasteiger partial charge in [-0.1, -0.05) is 23.4 Å². The largest absolute Gasteiger partial charge is 0.454 e. The van der Waals surface area contributed by atoms with E-state index in [9.17, 15) is 17.6 Å². The second-order valence-electron chi connectivity index (χ2n) is 7.04. The number of carbonyl (C=O) groups excluding carboxylic acids is 1. The summed E-state index contributed by atoms with van der Waals surface area (Å²) in [4.78, 5) is 18.7. The average molecular weight is 469 g/mol. The van der Waals surface area contributed by atoms with Crippen molar-refractivity contribution in [3.8, 4) is 11.5 Å². The molecule has 0 spiro atoms. The van der Waals surface area contributed by atoms with Gasteiger partial charge in [0.2, 0.25) is 6.79 Å². The summed E-state index contributed by atoms with van der Waals surface area (Å²) in [6, 6.07) is 8.47. The van der Waals surface area contributed by atoms with Gasteiger partial charge in [0.15, 0.2) is 26.5 Å². The van der Waals surface area contributed by atoms with Crippen molar-refractivity contribution in [3.63, 3.8) is 0 Å². The topological polar surface area (TPSA) is 85.3 Å². The summed E-state index contributed by atoms with van der Waals surface area (Å²) < 4.78 is 48.5. The van der Waals surface area contributed by atoms with E-state index in [-0.39, 0.29) is 28.6 Å². The first-order valence-electron chi connectivity index (χ1n) is 8.95. The molecule has 1 amide bonds. The third-order valence-electron chi connectivity index (χ3n) is 5.06. The van der Waals surface area contributed by atoms with Gasteiger partial charge in [0, 0.05) is 16.5 Å². The quantitative estimate of drug-likeness (QED) is 0.669. The monoisotopic (exact) mass is 468 g/mol. The van der Waals surface area contributed by atoms with Gasteiger partial charge in [0.1, 0.15) is 5.82 Å². The smallest absolute Gasteiger partial charge is 0.279 e. The molecular formula is C19H14ClFN2O5S2. The van der Waals surface area contributed by atoms with Crippen molar-refractivity contribution in [2.75, 3.05) is 23.2 Å². The Kier molecular flexibility index (Phi) is 4.68. The molecule has 0 aliphatic carbocycles. The Balaban J connectivity index is 1.52. The summed E-state index contributed by atoms with van der Waals surface area (Å²) in [7, 11) is -3.22. The number of thioether (sulfide) groups is 1. The number of hydrogen-bond donors (Lipinski definition) is 0. The lowest BCUT2D eigenvalue weighted by Gasteiger charge is -2.24. The van der Waals surface area contributed by atoms with Crippen LogP contribution in [0.2, 0.25) is 5.02 Å². The SMILES string of the molecule is O=C(N=C1S[C@@H]2CS(=O)(=O)C[C@H]2N1c1ccc(F)c(Cl)c1)c1ccc2c(c1)OCO2. The van der Waals surface area contributed by atoms with Crippen molar-refractivity contribution in [2.45, 2.75) is 11.3 Å². The number of ether oxygens (including phenoxy) is 2. The average Bonchev–Trinajstić information content (AvgIpc) is 3.35. The van der Waals surface area contributed by atoms with E-state index >= 15 is 0 Å². The Labute approximate surface area is 180 Å². The molecule has 3 aliphatic heterocycles. The maximum absolute atomic E-state index is 13.7. The van der Waals surface area contributed by atoms with Crippen molar-refractivity contribution in [3.05, 3.63) is 52.8 Å². The van der Waals surface area contributed by atoms with Gasteiger partial charge in [0.05, 0.1) is 22.6 Å². The molecular weight excluding hydrogens is 455 g/mol. The molecule has 5 rings (SSSR count). The summed E-state index contributed by atoms with van der Waals surface area (Å²) >= 11 is 7.16. The molecule has 0 radical (unpaired) electrons. The highest BCUT2D eigenvalue weighted by atomic mass is 35.5. The van der Waals surface area contributed by atoms with Crippen LogP contribution in [0.3, 0.4) is 0 Å². The van der Waals surface area contributed by atoms with E-state index in [2.05, 4.69) is 4.99 Å². The highest BCUT2D eigenvalue weighted by Crippen LogP contribution is 2.42. The fourth-order valence-electron chi connectivity index (χ4n) is 3.68. The van der Waals surface area contributed by atoms with Crippen LogP contribution in [0.5, 0.6) is 11.5 Å². The molecule has 0 bridgehead atoms. The van der Waals surface area contributed by atoms with Crippen LogP contribution in [0.4, 0.5) is 10.1 Å². The van der Waals surface area contributed by atoms with E-state index < -0.39 is 27.6 Å². The Morgan fingerprint density at radius 2 is 1.97 bits per heavy atom.